The number of hydrogen-bond donors (Lipinski definition) is 1. The van der Waals surface area contributed by atoms with Crippen LogP contribution in [-0.2, 0) is 9.59 Å². The van der Waals surface area contributed by atoms with Crippen molar-refractivity contribution in [1.29, 1.82) is 0 Å². The van der Waals surface area contributed by atoms with Crippen LogP contribution >= 0.6 is 0 Å². The number of fused-ring (bicyclic) bond motifs is 1. The Morgan fingerprint density at radius 3 is 2.92 bits per heavy atom. The topological polar surface area (TPSA) is 102 Å². The third-order valence-electron chi connectivity index (χ3n) is 3.87. The van der Waals surface area contributed by atoms with Crippen LogP contribution in [0, 0.1) is 0 Å². The predicted octanol–water partition coefficient (Wildman–Crippen LogP) is 1.03. The first-order chi connectivity index (χ1) is 12.7. The van der Waals surface area contributed by atoms with Crippen molar-refractivity contribution in [2.45, 2.75) is 0 Å². The molecule has 9 nitrogen and oxygen atoms in total. The summed E-state index contributed by atoms with van der Waals surface area (Å²) < 4.78 is 7.09. The zero-order chi connectivity index (χ0) is 17.9. The number of carbonyl (C=O) groups is 2. The van der Waals surface area contributed by atoms with E-state index >= 15 is 0 Å². The van der Waals surface area contributed by atoms with E-state index in [2.05, 4.69) is 20.8 Å². The normalized spacial score (nSPS) is 13.1. The lowest BCUT2D eigenvalue weighted by Gasteiger charge is -2.29. The van der Waals surface area contributed by atoms with Crippen molar-refractivity contribution in [3.05, 3.63) is 54.9 Å². The number of hydrogen-bond acceptors (Lipinski definition) is 6. The molecule has 0 spiro atoms. The molecule has 2 heterocycles. The van der Waals surface area contributed by atoms with Crippen molar-refractivity contribution in [3.8, 4) is 11.4 Å². The Labute approximate surface area is 148 Å². The lowest BCUT2D eigenvalue weighted by molar-refractivity contribution is -0.123. The Kier molecular flexibility index (Phi) is 4.02. The zero-order valence-corrected chi connectivity index (χ0v) is 13.6. The first-order valence-electron chi connectivity index (χ1n) is 7.86. The van der Waals surface area contributed by atoms with Gasteiger partial charge in [-0.1, -0.05) is 18.2 Å². The van der Waals surface area contributed by atoms with Gasteiger partial charge in [-0.3, -0.25) is 14.5 Å². The molecule has 2 aromatic carbocycles. The highest BCUT2D eigenvalue weighted by Crippen LogP contribution is 2.29. The lowest BCUT2D eigenvalue weighted by Crippen LogP contribution is -2.44. The second-order valence-corrected chi connectivity index (χ2v) is 5.59. The molecule has 9 heteroatoms. The fraction of sp³-hybridized carbons (Fsp3) is 0.118. The van der Waals surface area contributed by atoms with Crippen LogP contribution in [-0.4, -0.2) is 45.2 Å². The van der Waals surface area contributed by atoms with E-state index in [9.17, 15) is 9.59 Å². The number of carbonyl (C=O) groups excluding carboxylic acids is 2. The number of para-hydroxylation sites is 2. The molecule has 1 aromatic heterocycles. The van der Waals surface area contributed by atoms with E-state index in [0.29, 0.717) is 22.8 Å². The van der Waals surface area contributed by atoms with Gasteiger partial charge in [0.2, 0.25) is 5.91 Å². The van der Waals surface area contributed by atoms with Gasteiger partial charge in [0.05, 0.1) is 17.1 Å². The summed E-state index contributed by atoms with van der Waals surface area (Å²) in [4.78, 5) is 25.8. The number of benzene rings is 2. The van der Waals surface area contributed by atoms with Gasteiger partial charge >= 0.3 is 0 Å². The SMILES string of the molecule is O=C1CN(C(=O)COc2cccc(-n3cnnn3)c2)c2ccccc2N1. The zero-order valence-electron chi connectivity index (χ0n) is 13.6. The molecule has 0 unspecified atom stereocenters. The Bertz CT molecular complexity index is 957. The number of amides is 2. The summed E-state index contributed by atoms with van der Waals surface area (Å²) in [5, 5.41) is 13.7. The predicted molar refractivity (Wildman–Crippen MR) is 92.1 cm³/mol. The van der Waals surface area contributed by atoms with E-state index in [-0.39, 0.29) is 25.0 Å². The highest BCUT2D eigenvalue weighted by Gasteiger charge is 2.26. The summed E-state index contributed by atoms with van der Waals surface area (Å²) in [6.45, 7) is -0.232. The van der Waals surface area contributed by atoms with Crippen molar-refractivity contribution < 1.29 is 14.3 Å². The van der Waals surface area contributed by atoms with Crippen LogP contribution in [0.5, 0.6) is 5.75 Å². The molecule has 0 aliphatic carbocycles. The van der Waals surface area contributed by atoms with Gasteiger partial charge in [-0.05, 0) is 34.7 Å². The van der Waals surface area contributed by atoms with Crippen LogP contribution in [0.1, 0.15) is 0 Å². The van der Waals surface area contributed by atoms with Crippen molar-refractivity contribution in [2.75, 3.05) is 23.4 Å². The van der Waals surface area contributed by atoms with Gasteiger partial charge in [-0.25, -0.2) is 4.68 Å². The first kappa shape index (κ1) is 15.8. The van der Waals surface area contributed by atoms with Crippen molar-refractivity contribution >= 4 is 23.2 Å². The molecule has 2 amide bonds. The van der Waals surface area contributed by atoms with E-state index in [0.717, 1.165) is 0 Å². The van der Waals surface area contributed by atoms with Crippen LogP contribution in [0.4, 0.5) is 11.4 Å². The number of anilines is 2. The van der Waals surface area contributed by atoms with E-state index in [4.69, 9.17) is 4.74 Å². The Morgan fingerprint density at radius 1 is 1.19 bits per heavy atom. The van der Waals surface area contributed by atoms with Gasteiger partial charge in [0, 0.05) is 6.07 Å². The molecular weight excluding hydrogens is 336 g/mol. The van der Waals surface area contributed by atoms with Crippen LogP contribution in [0.3, 0.4) is 0 Å². The molecule has 0 bridgehead atoms. The summed E-state index contributed by atoms with van der Waals surface area (Å²) in [7, 11) is 0. The average molecular weight is 350 g/mol. The fourth-order valence-corrected chi connectivity index (χ4v) is 2.67. The number of aromatic nitrogens is 4. The summed E-state index contributed by atoms with van der Waals surface area (Å²) >= 11 is 0. The molecule has 1 aliphatic heterocycles. The van der Waals surface area contributed by atoms with Gasteiger partial charge in [-0.15, -0.1) is 5.10 Å². The molecule has 0 saturated carbocycles. The van der Waals surface area contributed by atoms with Crippen molar-refractivity contribution in [2.24, 2.45) is 0 Å². The molecule has 4 rings (SSSR count). The monoisotopic (exact) mass is 350 g/mol. The first-order valence-corrected chi connectivity index (χ1v) is 7.86. The molecule has 1 N–H and O–H groups in total. The third-order valence-corrected chi connectivity index (χ3v) is 3.87. The van der Waals surface area contributed by atoms with Gasteiger partial charge in [0.15, 0.2) is 6.61 Å². The number of tetrazole rings is 1. The Morgan fingerprint density at radius 2 is 2.08 bits per heavy atom. The minimum absolute atomic E-state index is 0.0378. The maximum absolute atomic E-state index is 12.6. The second kappa shape index (κ2) is 6.63. The minimum Gasteiger partial charge on any atom is -0.484 e. The van der Waals surface area contributed by atoms with Gasteiger partial charge in [0.25, 0.3) is 5.91 Å². The van der Waals surface area contributed by atoms with Gasteiger partial charge in [0.1, 0.15) is 18.6 Å². The molecule has 26 heavy (non-hydrogen) atoms. The van der Waals surface area contributed by atoms with Crippen molar-refractivity contribution in [3.63, 3.8) is 0 Å². The minimum atomic E-state index is -0.305. The van der Waals surface area contributed by atoms with E-state index in [1.165, 1.54) is 15.9 Å². The molecule has 0 fully saturated rings. The number of rotatable bonds is 4. The third kappa shape index (κ3) is 3.09. The van der Waals surface area contributed by atoms with Crippen LogP contribution in [0.25, 0.3) is 5.69 Å². The Balaban J connectivity index is 1.48. The molecule has 1 aliphatic rings. The summed E-state index contributed by atoms with van der Waals surface area (Å²) in [6.07, 6.45) is 1.47. The van der Waals surface area contributed by atoms with E-state index in [1.807, 2.05) is 12.1 Å². The summed E-state index contributed by atoms with van der Waals surface area (Å²) in [6, 6.07) is 14.2. The van der Waals surface area contributed by atoms with Crippen LogP contribution < -0.4 is 15.0 Å². The fourth-order valence-electron chi connectivity index (χ4n) is 2.67. The smallest absolute Gasteiger partial charge is 0.265 e. The molecule has 0 atom stereocenters. The standard InChI is InChI=1S/C17H14N6O3/c24-16-9-22(15-7-2-1-6-14(15)19-16)17(25)10-26-13-5-3-4-12(8-13)23-11-18-20-21-23/h1-8,11H,9-10H2,(H,19,24). The summed E-state index contributed by atoms with van der Waals surface area (Å²) in [5.74, 6) is -0.0426. The number of nitrogens with zero attached hydrogens (tertiary/aromatic N) is 5. The number of nitrogens with one attached hydrogen (secondary N) is 1. The highest BCUT2D eigenvalue weighted by atomic mass is 16.5. The number of ether oxygens (including phenoxy) is 1. The highest BCUT2D eigenvalue weighted by molar-refractivity contribution is 6.10. The summed E-state index contributed by atoms with van der Waals surface area (Å²) in [5.41, 5.74) is 1.98. The van der Waals surface area contributed by atoms with E-state index < -0.39 is 0 Å². The van der Waals surface area contributed by atoms with Crippen LogP contribution in [0.15, 0.2) is 54.9 Å². The van der Waals surface area contributed by atoms with E-state index in [1.54, 1.807) is 36.4 Å². The average Bonchev–Trinajstić information content (AvgIpc) is 3.20. The molecule has 130 valence electrons. The second-order valence-electron chi connectivity index (χ2n) is 5.59. The van der Waals surface area contributed by atoms with Gasteiger partial charge in [-0.2, -0.15) is 0 Å². The Hall–Kier alpha value is -3.75. The van der Waals surface area contributed by atoms with Crippen molar-refractivity contribution in [1.82, 2.24) is 20.2 Å². The van der Waals surface area contributed by atoms with Crippen LogP contribution in [0.2, 0.25) is 0 Å². The maximum atomic E-state index is 12.6. The largest absolute Gasteiger partial charge is 0.484 e. The lowest BCUT2D eigenvalue weighted by atomic mass is 10.2. The molecule has 3 aromatic rings. The van der Waals surface area contributed by atoms with Gasteiger partial charge < -0.3 is 10.1 Å². The molecular formula is C17H14N6O3. The molecule has 0 radical (unpaired) electrons. The maximum Gasteiger partial charge on any atom is 0.265 e. The quantitative estimate of drug-likeness (QED) is 0.754. The molecule has 0 saturated heterocycles.